The van der Waals surface area contributed by atoms with Crippen molar-refractivity contribution in [1.29, 1.82) is 0 Å². The molecule has 0 aromatic heterocycles. The van der Waals surface area contributed by atoms with Gasteiger partial charge in [-0.2, -0.15) is 0 Å². The Morgan fingerprint density at radius 3 is 2.50 bits per heavy atom. The van der Waals surface area contributed by atoms with Crippen LogP contribution in [0.25, 0.3) is 0 Å². The fraction of sp³-hybridized carbons (Fsp3) is 0.417. The quantitative estimate of drug-likeness (QED) is 0.748. The topological polar surface area (TPSA) is 41.1 Å². The maximum atomic E-state index is 11.6. The molecule has 0 bridgehead atoms. The van der Waals surface area contributed by atoms with E-state index in [1.165, 1.54) is 0 Å². The molecule has 0 saturated carbocycles. The second-order valence-electron chi connectivity index (χ2n) is 3.51. The van der Waals surface area contributed by atoms with Gasteiger partial charge < -0.3 is 10.6 Å². The summed E-state index contributed by atoms with van der Waals surface area (Å²) < 4.78 is 0. The molecule has 0 heterocycles. The van der Waals surface area contributed by atoms with E-state index in [1.54, 1.807) is 24.3 Å². The first-order valence-corrected chi connectivity index (χ1v) is 5.86. The molecule has 3 nitrogen and oxygen atoms in total. The summed E-state index contributed by atoms with van der Waals surface area (Å²) in [5, 5.41) is 6.69. The van der Waals surface area contributed by atoms with Crippen LogP contribution in [0.3, 0.4) is 0 Å². The van der Waals surface area contributed by atoms with E-state index in [1.807, 2.05) is 0 Å². The van der Waals surface area contributed by atoms with Gasteiger partial charge in [0.05, 0.1) is 0 Å². The molecule has 0 atom stereocenters. The van der Waals surface area contributed by atoms with E-state index < -0.39 is 0 Å². The van der Waals surface area contributed by atoms with E-state index in [4.69, 9.17) is 11.6 Å². The van der Waals surface area contributed by atoms with Gasteiger partial charge in [-0.3, -0.25) is 4.79 Å². The average molecular weight is 241 g/mol. The minimum Gasteiger partial charge on any atom is -0.351 e. The van der Waals surface area contributed by atoms with Gasteiger partial charge >= 0.3 is 0 Å². The first-order chi connectivity index (χ1) is 7.74. The minimum absolute atomic E-state index is 0.0602. The van der Waals surface area contributed by atoms with Crippen LogP contribution in [0.15, 0.2) is 24.3 Å². The Kier molecular flexibility index (Phi) is 5.90. The fourth-order valence-electron chi connectivity index (χ4n) is 1.27. The van der Waals surface area contributed by atoms with E-state index in [-0.39, 0.29) is 5.91 Å². The van der Waals surface area contributed by atoms with Crippen molar-refractivity contribution in [2.75, 3.05) is 19.6 Å². The summed E-state index contributed by atoms with van der Waals surface area (Å²) in [5.41, 5.74) is 0.639. The van der Waals surface area contributed by atoms with Crippen molar-refractivity contribution in [3.63, 3.8) is 0 Å². The van der Waals surface area contributed by atoms with Gasteiger partial charge in [-0.05, 0) is 37.2 Å². The van der Waals surface area contributed by atoms with Gasteiger partial charge in [0.2, 0.25) is 0 Å². The normalized spacial score (nSPS) is 10.1. The molecule has 1 rings (SSSR count). The van der Waals surface area contributed by atoms with Gasteiger partial charge in [0.1, 0.15) is 0 Å². The molecule has 0 aliphatic heterocycles. The van der Waals surface area contributed by atoms with Crippen molar-refractivity contribution >= 4 is 17.5 Å². The number of hydrogen-bond donors (Lipinski definition) is 2. The highest BCUT2D eigenvalue weighted by molar-refractivity contribution is 6.30. The third-order valence-corrected chi connectivity index (χ3v) is 2.37. The molecular weight excluding hydrogens is 224 g/mol. The summed E-state index contributed by atoms with van der Waals surface area (Å²) in [4.78, 5) is 11.6. The molecule has 1 aromatic carbocycles. The number of carbonyl (C=O) groups excluding carboxylic acids is 1. The maximum Gasteiger partial charge on any atom is 0.251 e. The van der Waals surface area contributed by atoms with Crippen molar-refractivity contribution in [1.82, 2.24) is 10.6 Å². The predicted molar refractivity (Wildman–Crippen MR) is 66.9 cm³/mol. The summed E-state index contributed by atoms with van der Waals surface area (Å²) in [6, 6.07) is 6.87. The number of nitrogens with one attached hydrogen (secondary N) is 2. The highest BCUT2D eigenvalue weighted by Crippen LogP contribution is 2.08. The fourth-order valence-corrected chi connectivity index (χ4v) is 1.40. The van der Waals surface area contributed by atoms with Gasteiger partial charge in [-0.25, -0.2) is 0 Å². The highest BCUT2D eigenvalue weighted by atomic mass is 35.5. The number of rotatable bonds is 6. The largest absolute Gasteiger partial charge is 0.351 e. The zero-order valence-electron chi connectivity index (χ0n) is 9.42. The van der Waals surface area contributed by atoms with Crippen LogP contribution < -0.4 is 10.6 Å². The second kappa shape index (κ2) is 7.25. The van der Waals surface area contributed by atoms with Gasteiger partial charge in [0.15, 0.2) is 0 Å². The van der Waals surface area contributed by atoms with Gasteiger partial charge in [0, 0.05) is 23.7 Å². The van der Waals surface area contributed by atoms with Crippen molar-refractivity contribution in [2.45, 2.75) is 13.3 Å². The maximum absolute atomic E-state index is 11.6. The van der Waals surface area contributed by atoms with Crippen molar-refractivity contribution in [3.8, 4) is 0 Å². The molecule has 88 valence electrons. The number of hydrogen-bond acceptors (Lipinski definition) is 2. The van der Waals surface area contributed by atoms with Crippen molar-refractivity contribution < 1.29 is 4.79 Å². The molecule has 0 unspecified atom stereocenters. The Bertz CT molecular complexity index is 324. The minimum atomic E-state index is -0.0602. The molecule has 4 heteroatoms. The molecule has 1 amide bonds. The molecule has 0 radical (unpaired) electrons. The Hall–Kier alpha value is -1.06. The monoisotopic (exact) mass is 240 g/mol. The third kappa shape index (κ3) is 4.64. The summed E-state index contributed by atoms with van der Waals surface area (Å²) in [7, 11) is 0. The Labute approximate surface area is 101 Å². The SMILES string of the molecule is CCCNCCNC(=O)c1ccc(Cl)cc1. The standard InChI is InChI=1S/C12H17ClN2O/c1-2-7-14-8-9-15-12(16)10-3-5-11(13)6-4-10/h3-6,14H,2,7-9H2,1H3,(H,15,16). The summed E-state index contributed by atoms with van der Waals surface area (Å²) in [6.07, 6.45) is 1.10. The third-order valence-electron chi connectivity index (χ3n) is 2.12. The zero-order chi connectivity index (χ0) is 11.8. The van der Waals surface area contributed by atoms with E-state index >= 15 is 0 Å². The first kappa shape index (κ1) is 13.0. The van der Waals surface area contributed by atoms with Crippen LogP contribution in [0.5, 0.6) is 0 Å². The van der Waals surface area contributed by atoms with E-state index in [0.29, 0.717) is 17.1 Å². The lowest BCUT2D eigenvalue weighted by molar-refractivity contribution is 0.0954. The lowest BCUT2D eigenvalue weighted by Gasteiger charge is -2.06. The molecule has 1 aromatic rings. The molecule has 16 heavy (non-hydrogen) atoms. The Morgan fingerprint density at radius 2 is 1.88 bits per heavy atom. The smallest absolute Gasteiger partial charge is 0.251 e. The average Bonchev–Trinajstić information content (AvgIpc) is 2.29. The highest BCUT2D eigenvalue weighted by Gasteiger charge is 2.03. The molecule has 2 N–H and O–H groups in total. The molecule has 0 saturated heterocycles. The van der Waals surface area contributed by atoms with Crippen LogP contribution in [0.2, 0.25) is 5.02 Å². The van der Waals surface area contributed by atoms with Crippen LogP contribution >= 0.6 is 11.6 Å². The van der Waals surface area contributed by atoms with E-state index in [9.17, 15) is 4.79 Å². The lowest BCUT2D eigenvalue weighted by Crippen LogP contribution is -2.32. The predicted octanol–water partition coefficient (Wildman–Crippen LogP) is 2.07. The van der Waals surface area contributed by atoms with E-state index in [0.717, 1.165) is 19.5 Å². The van der Waals surface area contributed by atoms with E-state index in [2.05, 4.69) is 17.6 Å². The van der Waals surface area contributed by atoms with Gasteiger partial charge in [-0.1, -0.05) is 18.5 Å². The summed E-state index contributed by atoms with van der Waals surface area (Å²) in [5.74, 6) is -0.0602. The molecular formula is C12H17ClN2O. The van der Waals surface area contributed by atoms with Crippen LogP contribution in [-0.2, 0) is 0 Å². The van der Waals surface area contributed by atoms with Crippen LogP contribution in [0, 0.1) is 0 Å². The molecule has 0 aliphatic carbocycles. The van der Waals surface area contributed by atoms with Crippen molar-refractivity contribution in [3.05, 3.63) is 34.9 Å². The Balaban J connectivity index is 2.27. The molecule has 0 fully saturated rings. The van der Waals surface area contributed by atoms with Crippen LogP contribution in [0.4, 0.5) is 0 Å². The number of amides is 1. The molecule has 0 aliphatic rings. The van der Waals surface area contributed by atoms with Gasteiger partial charge in [-0.15, -0.1) is 0 Å². The Morgan fingerprint density at radius 1 is 1.19 bits per heavy atom. The molecule has 0 spiro atoms. The first-order valence-electron chi connectivity index (χ1n) is 5.48. The number of benzene rings is 1. The summed E-state index contributed by atoms with van der Waals surface area (Å²) >= 11 is 5.74. The lowest BCUT2D eigenvalue weighted by atomic mass is 10.2. The summed E-state index contributed by atoms with van der Waals surface area (Å²) in [6.45, 7) is 4.53. The van der Waals surface area contributed by atoms with Crippen LogP contribution in [0.1, 0.15) is 23.7 Å². The number of carbonyl (C=O) groups is 1. The van der Waals surface area contributed by atoms with Crippen molar-refractivity contribution in [2.24, 2.45) is 0 Å². The van der Waals surface area contributed by atoms with Gasteiger partial charge in [0.25, 0.3) is 5.91 Å². The zero-order valence-corrected chi connectivity index (χ0v) is 10.2. The number of halogens is 1. The van der Waals surface area contributed by atoms with Crippen LogP contribution in [-0.4, -0.2) is 25.5 Å². The second-order valence-corrected chi connectivity index (χ2v) is 3.95.